The average Bonchev–Trinajstić information content (AvgIpc) is 3.63. The van der Waals surface area contributed by atoms with Gasteiger partial charge in [-0.3, -0.25) is 9.36 Å². The molecule has 1 saturated heterocycles. The Hall–Kier alpha value is -5.10. The van der Waals surface area contributed by atoms with Gasteiger partial charge in [0.1, 0.15) is 18.5 Å². The molecule has 8 rings (SSSR count). The van der Waals surface area contributed by atoms with Gasteiger partial charge >= 0.3 is 0 Å². The van der Waals surface area contributed by atoms with E-state index in [0.717, 1.165) is 24.9 Å². The van der Waals surface area contributed by atoms with Crippen molar-refractivity contribution < 1.29 is 19.7 Å². The van der Waals surface area contributed by atoms with Gasteiger partial charge in [-0.05, 0) is 61.4 Å². The second-order valence-corrected chi connectivity index (χ2v) is 13.2. The summed E-state index contributed by atoms with van der Waals surface area (Å²) >= 11 is 0. The molecule has 1 amide bonds. The lowest BCUT2D eigenvalue weighted by Crippen LogP contribution is -2.43. The molecule has 250 valence electrons. The lowest BCUT2D eigenvalue weighted by molar-refractivity contribution is -0.137. The van der Waals surface area contributed by atoms with Gasteiger partial charge < -0.3 is 30.2 Å². The van der Waals surface area contributed by atoms with Crippen molar-refractivity contribution in [2.75, 3.05) is 11.9 Å². The highest BCUT2D eigenvalue weighted by Crippen LogP contribution is 2.36. The smallest absolute Gasteiger partial charge is 0.252 e. The Morgan fingerprint density at radius 1 is 0.959 bits per heavy atom. The lowest BCUT2D eigenvalue weighted by atomic mass is 10.0. The standard InChI is InChI=1S/C38H39N7O4/c1-22-12-13-23(2)25(18-22)19-44-29-11-7-6-10-27(29)28(31(44)24-8-4-3-5-9-24)16-17-39-35-30-36(41-20-40-35)45(21-42-30)38-33(47)32(46)34(49-38)37(48)43-26-14-15-26/h3-13,18,20-21,26,32-34,38,46-47H,14-17,19H2,1-2H3,(H,43,48)(H,39,40,41). The Kier molecular flexibility index (Phi) is 8.11. The average molecular weight is 658 g/mol. The number of aliphatic hydroxyl groups is 2. The summed E-state index contributed by atoms with van der Waals surface area (Å²) in [4.78, 5) is 26.1. The first-order chi connectivity index (χ1) is 23.9. The van der Waals surface area contributed by atoms with E-state index in [0.29, 0.717) is 29.9 Å². The van der Waals surface area contributed by atoms with E-state index < -0.39 is 30.4 Å². The molecule has 6 aromatic rings. The molecule has 1 aliphatic heterocycles. The highest BCUT2D eigenvalue weighted by molar-refractivity contribution is 5.92. The third-order valence-corrected chi connectivity index (χ3v) is 9.68. The number of benzene rings is 3. The van der Waals surface area contributed by atoms with Crippen molar-refractivity contribution in [2.24, 2.45) is 0 Å². The summed E-state index contributed by atoms with van der Waals surface area (Å²) in [6, 6.07) is 25.9. The van der Waals surface area contributed by atoms with Crippen molar-refractivity contribution in [3.05, 3.63) is 108 Å². The van der Waals surface area contributed by atoms with E-state index >= 15 is 0 Å². The van der Waals surface area contributed by atoms with E-state index in [1.165, 1.54) is 51.5 Å². The second kappa shape index (κ2) is 12.7. The van der Waals surface area contributed by atoms with Gasteiger partial charge in [-0.25, -0.2) is 15.0 Å². The zero-order valence-corrected chi connectivity index (χ0v) is 27.5. The molecule has 2 aliphatic rings. The van der Waals surface area contributed by atoms with Crippen molar-refractivity contribution >= 4 is 33.8 Å². The highest BCUT2D eigenvalue weighted by atomic mass is 16.6. The number of aliphatic hydroxyl groups excluding tert-OH is 2. The van der Waals surface area contributed by atoms with Crippen LogP contribution in [-0.4, -0.2) is 71.1 Å². The Bertz CT molecular complexity index is 2160. The summed E-state index contributed by atoms with van der Waals surface area (Å²) in [6.07, 6.45) is 0.523. The first-order valence-electron chi connectivity index (χ1n) is 16.8. The number of aromatic nitrogens is 5. The Labute approximate surface area is 283 Å². The van der Waals surface area contributed by atoms with Gasteiger partial charge in [-0.15, -0.1) is 0 Å². The summed E-state index contributed by atoms with van der Waals surface area (Å²) < 4.78 is 9.88. The maximum Gasteiger partial charge on any atom is 0.252 e. The van der Waals surface area contributed by atoms with Crippen LogP contribution in [0.25, 0.3) is 33.3 Å². The minimum atomic E-state index is -1.38. The number of hydrogen-bond donors (Lipinski definition) is 4. The molecule has 11 nitrogen and oxygen atoms in total. The predicted octanol–water partition coefficient (Wildman–Crippen LogP) is 4.67. The summed E-state index contributed by atoms with van der Waals surface area (Å²) in [5.41, 5.74) is 9.48. The largest absolute Gasteiger partial charge is 0.387 e. The van der Waals surface area contributed by atoms with Crippen LogP contribution in [0.15, 0.2) is 85.5 Å². The number of nitrogens with one attached hydrogen (secondary N) is 2. The van der Waals surface area contributed by atoms with Crippen molar-refractivity contribution in [3.8, 4) is 11.3 Å². The molecular formula is C38H39N7O4. The van der Waals surface area contributed by atoms with Crippen LogP contribution in [0, 0.1) is 13.8 Å². The number of amides is 1. The van der Waals surface area contributed by atoms with Gasteiger partial charge in [-0.1, -0.05) is 72.3 Å². The van der Waals surface area contributed by atoms with Crippen molar-refractivity contribution in [3.63, 3.8) is 0 Å². The zero-order valence-electron chi connectivity index (χ0n) is 27.5. The number of anilines is 1. The third-order valence-electron chi connectivity index (χ3n) is 9.68. The van der Waals surface area contributed by atoms with E-state index in [1.54, 1.807) is 4.57 Å². The molecule has 0 radical (unpaired) electrons. The van der Waals surface area contributed by atoms with Crippen molar-refractivity contribution in [2.45, 2.75) is 70.2 Å². The number of aryl methyl sites for hydroxylation is 2. The van der Waals surface area contributed by atoms with Crippen LogP contribution in [0.3, 0.4) is 0 Å². The number of carbonyl (C=O) groups is 1. The van der Waals surface area contributed by atoms with Gasteiger partial charge in [0.25, 0.3) is 5.91 Å². The normalized spacial score (nSPS) is 20.7. The van der Waals surface area contributed by atoms with Crippen LogP contribution in [0.5, 0.6) is 0 Å². The predicted molar refractivity (Wildman–Crippen MR) is 187 cm³/mol. The number of ether oxygens (including phenoxy) is 1. The molecule has 4 N–H and O–H groups in total. The molecule has 4 heterocycles. The number of carbonyl (C=O) groups excluding carboxylic acids is 1. The van der Waals surface area contributed by atoms with E-state index in [4.69, 9.17) is 4.74 Å². The highest BCUT2D eigenvalue weighted by Gasteiger charge is 2.48. The number of fused-ring (bicyclic) bond motifs is 2. The van der Waals surface area contributed by atoms with Gasteiger partial charge in [0, 0.05) is 30.0 Å². The summed E-state index contributed by atoms with van der Waals surface area (Å²) in [7, 11) is 0. The minimum absolute atomic E-state index is 0.104. The monoisotopic (exact) mass is 657 g/mol. The quantitative estimate of drug-likeness (QED) is 0.167. The number of nitrogens with zero attached hydrogens (tertiary/aromatic N) is 5. The molecule has 1 aliphatic carbocycles. The number of para-hydroxylation sites is 1. The molecular weight excluding hydrogens is 618 g/mol. The third kappa shape index (κ3) is 5.83. The van der Waals surface area contributed by atoms with Crippen LogP contribution >= 0.6 is 0 Å². The van der Waals surface area contributed by atoms with Crippen LogP contribution in [0.2, 0.25) is 0 Å². The molecule has 2 fully saturated rings. The summed E-state index contributed by atoms with van der Waals surface area (Å²) in [5.74, 6) is 0.114. The van der Waals surface area contributed by atoms with Gasteiger partial charge in [0.15, 0.2) is 29.3 Å². The van der Waals surface area contributed by atoms with Crippen molar-refractivity contribution in [1.82, 2.24) is 29.4 Å². The molecule has 11 heteroatoms. The molecule has 3 aromatic carbocycles. The minimum Gasteiger partial charge on any atom is -0.387 e. The topological polar surface area (TPSA) is 139 Å². The molecule has 0 spiro atoms. The molecule has 1 saturated carbocycles. The first kappa shape index (κ1) is 31.2. The van der Waals surface area contributed by atoms with E-state index in [9.17, 15) is 15.0 Å². The molecule has 4 atom stereocenters. The molecule has 0 bridgehead atoms. The molecule has 4 unspecified atom stereocenters. The fourth-order valence-electron chi connectivity index (χ4n) is 6.95. The van der Waals surface area contributed by atoms with Crippen LogP contribution < -0.4 is 10.6 Å². The Morgan fingerprint density at radius 3 is 2.57 bits per heavy atom. The Balaban J connectivity index is 1.08. The zero-order chi connectivity index (χ0) is 33.6. The molecule has 3 aromatic heterocycles. The van der Waals surface area contributed by atoms with Crippen LogP contribution in [-0.2, 0) is 22.5 Å². The number of imidazole rings is 1. The fourth-order valence-corrected chi connectivity index (χ4v) is 6.95. The van der Waals surface area contributed by atoms with Crippen LogP contribution in [0.1, 0.15) is 41.3 Å². The van der Waals surface area contributed by atoms with E-state index in [2.05, 4.69) is 111 Å². The SMILES string of the molecule is Cc1ccc(C)c(Cn2c(-c3ccccc3)c(CCNc3ncnc4c3ncn4C3OC(C(=O)NC4CC4)C(O)C3O)c3ccccc32)c1. The van der Waals surface area contributed by atoms with E-state index in [-0.39, 0.29) is 6.04 Å². The Morgan fingerprint density at radius 2 is 1.76 bits per heavy atom. The molecule has 49 heavy (non-hydrogen) atoms. The van der Waals surface area contributed by atoms with Gasteiger partial charge in [-0.2, -0.15) is 0 Å². The van der Waals surface area contributed by atoms with Gasteiger partial charge in [0.05, 0.1) is 12.0 Å². The fraction of sp³-hybridized carbons (Fsp3) is 0.316. The van der Waals surface area contributed by atoms with E-state index in [1.807, 2.05) is 6.07 Å². The number of hydrogen-bond acceptors (Lipinski definition) is 8. The summed E-state index contributed by atoms with van der Waals surface area (Å²) in [5, 5.41) is 29.0. The summed E-state index contributed by atoms with van der Waals surface area (Å²) in [6.45, 7) is 5.63. The van der Waals surface area contributed by atoms with Gasteiger partial charge in [0.2, 0.25) is 0 Å². The second-order valence-electron chi connectivity index (χ2n) is 13.2. The van der Waals surface area contributed by atoms with Crippen molar-refractivity contribution in [1.29, 1.82) is 0 Å². The maximum absolute atomic E-state index is 12.7. The lowest BCUT2D eigenvalue weighted by Gasteiger charge is -2.16. The number of rotatable bonds is 10. The maximum atomic E-state index is 12.7. The first-order valence-corrected chi connectivity index (χ1v) is 16.8. The van der Waals surface area contributed by atoms with Crippen LogP contribution in [0.4, 0.5) is 5.82 Å².